The number of carbonyl (C=O) groups excluding carboxylic acids is 1. The first-order valence-electron chi connectivity index (χ1n) is 10.9. The van der Waals surface area contributed by atoms with Crippen LogP contribution in [0.15, 0.2) is 36.4 Å². The summed E-state index contributed by atoms with van der Waals surface area (Å²) in [7, 11) is 0. The molecule has 0 spiro atoms. The molecule has 1 heterocycles. The first-order valence-corrected chi connectivity index (χ1v) is 11.6. The average molecular weight is 524 g/mol. The van der Waals surface area contributed by atoms with E-state index in [4.69, 9.17) is 28.3 Å². The summed E-state index contributed by atoms with van der Waals surface area (Å²) in [5.74, 6) is -4.91. The number of halogens is 4. The Bertz CT molecular complexity index is 1200. The van der Waals surface area contributed by atoms with Gasteiger partial charge in [0.25, 0.3) is 0 Å². The Morgan fingerprint density at radius 1 is 1.23 bits per heavy atom. The number of nitrogens with zero attached hydrogens (tertiary/aromatic N) is 1. The predicted octanol–water partition coefficient (Wildman–Crippen LogP) is 4.79. The van der Waals surface area contributed by atoms with E-state index >= 15 is 8.78 Å². The number of hydrogen-bond acceptors (Lipinski definition) is 4. The maximum absolute atomic E-state index is 15.4. The summed E-state index contributed by atoms with van der Waals surface area (Å²) in [5, 5.41) is 25.0. The lowest BCUT2D eigenvalue weighted by Gasteiger charge is -2.37. The van der Waals surface area contributed by atoms with Crippen LogP contribution in [0.5, 0.6) is 0 Å². The number of amides is 1. The van der Waals surface area contributed by atoms with Crippen molar-refractivity contribution < 1.29 is 23.5 Å². The molecule has 0 radical (unpaired) electrons. The van der Waals surface area contributed by atoms with Crippen LogP contribution in [-0.2, 0) is 15.0 Å². The fourth-order valence-corrected chi connectivity index (χ4v) is 5.17. The van der Waals surface area contributed by atoms with Crippen LogP contribution in [0.1, 0.15) is 44.2 Å². The van der Waals surface area contributed by atoms with E-state index in [-0.39, 0.29) is 26.6 Å². The van der Waals surface area contributed by atoms with E-state index < -0.39 is 53.5 Å². The van der Waals surface area contributed by atoms with Crippen molar-refractivity contribution in [1.29, 1.82) is 5.26 Å². The fraction of sp³-hybridized carbons (Fsp3) is 0.400. The molecule has 2 aromatic rings. The minimum absolute atomic E-state index is 0.0518. The highest BCUT2D eigenvalue weighted by atomic mass is 35.5. The molecule has 1 saturated heterocycles. The predicted molar refractivity (Wildman–Crippen MR) is 128 cm³/mol. The summed E-state index contributed by atoms with van der Waals surface area (Å²) in [6.45, 7) is 5.08. The molecule has 186 valence electrons. The van der Waals surface area contributed by atoms with Crippen LogP contribution in [0.3, 0.4) is 0 Å². The number of aliphatic carboxylic acids is 1. The summed E-state index contributed by atoms with van der Waals surface area (Å²) in [6, 6.07) is 8.20. The minimum Gasteiger partial charge on any atom is -0.480 e. The third-order valence-corrected chi connectivity index (χ3v) is 6.67. The summed E-state index contributed by atoms with van der Waals surface area (Å²) >= 11 is 12.0. The third kappa shape index (κ3) is 5.27. The largest absolute Gasteiger partial charge is 0.480 e. The van der Waals surface area contributed by atoms with Gasteiger partial charge >= 0.3 is 5.97 Å². The highest BCUT2D eigenvalue weighted by Crippen LogP contribution is 2.52. The summed E-state index contributed by atoms with van der Waals surface area (Å²) in [6.07, 6.45) is 0.310. The van der Waals surface area contributed by atoms with Gasteiger partial charge in [0.1, 0.15) is 23.6 Å². The van der Waals surface area contributed by atoms with Gasteiger partial charge in [0.05, 0.1) is 17.1 Å². The molecule has 1 aliphatic heterocycles. The van der Waals surface area contributed by atoms with E-state index in [1.165, 1.54) is 30.3 Å². The minimum atomic E-state index is -1.77. The number of nitriles is 1. The molecule has 0 aliphatic carbocycles. The molecule has 0 bridgehead atoms. The molecule has 1 amide bonds. The van der Waals surface area contributed by atoms with Crippen molar-refractivity contribution in [2.24, 2.45) is 5.41 Å². The Balaban J connectivity index is 2.33. The van der Waals surface area contributed by atoms with Gasteiger partial charge in [-0.3, -0.25) is 9.59 Å². The second kappa shape index (κ2) is 10.1. The number of benzene rings is 2. The van der Waals surface area contributed by atoms with Gasteiger partial charge in [-0.05, 0) is 35.6 Å². The molecular weight excluding hydrogens is 499 g/mol. The van der Waals surface area contributed by atoms with Crippen LogP contribution >= 0.6 is 23.2 Å². The molecule has 10 heteroatoms. The lowest BCUT2D eigenvalue weighted by molar-refractivity contribution is -0.138. The summed E-state index contributed by atoms with van der Waals surface area (Å²) in [5.41, 5.74) is -2.26. The van der Waals surface area contributed by atoms with Crippen molar-refractivity contribution in [3.05, 3.63) is 69.2 Å². The Morgan fingerprint density at radius 2 is 1.91 bits per heavy atom. The normalized spacial score (nSPS) is 24.1. The molecule has 1 fully saturated rings. The fourth-order valence-electron chi connectivity index (χ4n) is 4.83. The van der Waals surface area contributed by atoms with Crippen molar-refractivity contribution >= 4 is 35.1 Å². The van der Waals surface area contributed by atoms with Crippen molar-refractivity contribution in [3.8, 4) is 6.07 Å². The van der Waals surface area contributed by atoms with E-state index in [1.807, 2.05) is 20.8 Å². The van der Waals surface area contributed by atoms with Crippen molar-refractivity contribution in [1.82, 2.24) is 10.6 Å². The summed E-state index contributed by atoms with van der Waals surface area (Å²) < 4.78 is 30.8. The lowest BCUT2D eigenvalue weighted by atomic mass is 9.62. The highest BCUT2D eigenvalue weighted by Gasteiger charge is 2.61. The molecule has 2 aromatic carbocycles. The molecule has 1 aliphatic rings. The molecule has 4 atom stereocenters. The van der Waals surface area contributed by atoms with Gasteiger partial charge < -0.3 is 15.7 Å². The van der Waals surface area contributed by atoms with Gasteiger partial charge in [-0.25, -0.2) is 8.78 Å². The van der Waals surface area contributed by atoms with Crippen LogP contribution in [-0.4, -0.2) is 35.6 Å². The van der Waals surface area contributed by atoms with Crippen molar-refractivity contribution in [2.75, 3.05) is 6.54 Å². The van der Waals surface area contributed by atoms with Crippen LogP contribution in [0.2, 0.25) is 10.0 Å². The number of nitrogens with one attached hydrogen (secondary N) is 2. The topological polar surface area (TPSA) is 102 Å². The molecule has 3 N–H and O–H groups in total. The van der Waals surface area contributed by atoms with E-state index in [0.717, 1.165) is 6.07 Å². The van der Waals surface area contributed by atoms with Gasteiger partial charge in [-0.2, -0.15) is 5.26 Å². The van der Waals surface area contributed by atoms with E-state index in [9.17, 15) is 14.9 Å². The smallest absolute Gasteiger partial charge is 0.322 e. The average Bonchev–Trinajstić information content (AvgIpc) is 3.07. The Labute approximate surface area is 212 Å². The molecule has 2 unspecified atom stereocenters. The van der Waals surface area contributed by atoms with E-state index in [1.54, 1.807) is 0 Å². The Morgan fingerprint density at radius 3 is 2.49 bits per heavy atom. The maximum atomic E-state index is 15.4. The lowest BCUT2D eigenvalue weighted by Crippen LogP contribution is -2.46. The van der Waals surface area contributed by atoms with Gasteiger partial charge in [0, 0.05) is 22.5 Å². The second-order valence-corrected chi connectivity index (χ2v) is 10.6. The van der Waals surface area contributed by atoms with E-state index in [2.05, 4.69) is 16.7 Å². The molecule has 0 aromatic heterocycles. The number of carbonyl (C=O) groups is 2. The Hall–Kier alpha value is -2.73. The van der Waals surface area contributed by atoms with Gasteiger partial charge in [-0.1, -0.05) is 62.2 Å². The van der Waals surface area contributed by atoms with E-state index in [0.29, 0.717) is 6.42 Å². The standard InChI is InChI=1S/C25H25Cl2F2N3O3/c1-24(2,3)10-18-25(12-30,15-8-7-13(26)9-17(15)28)20(14-5-4-6-16(27)21(14)29)22(32-18)23(35)31-11-19(33)34/h4-9,18,20,22,32H,10-11H2,1-3H3,(H,31,35)(H,33,34)/t18?,20?,22-,25+/m1/s1. The third-order valence-electron chi connectivity index (χ3n) is 6.15. The van der Waals surface area contributed by atoms with Crippen LogP contribution in [0, 0.1) is 28.4 Å². The second-order valence-electron chi connectivity index (χ2n) is 9.80. The zero-order chi connectivity index (χ0) is 26.1. The van der Waals surface area contributed by atoms with Crippen molar-refractivity contribution in [3.63, 3.8) is 0 Å². The number of carboxylic acids is 1. The van der Waals surface area contributed by atoms with Gasteiger partial charge in [-0.15, -0.1) is 0 Å². The van der Waals surface area contributed by atoms with Gasteiger partial charge in [0.15, 0.2) is 0 Å². The van der Waals surface area contributed by atoms with Crippen LogP contribution in [0.25, 0.3) is 0 Å². The summed E-state index contributed by atoms with van der Waals surface area (Å²) in [4.78, 5) is 24.3. The highest BCUT2D eigenvalue weighted by molar-refractivity contribution is 6.31. The first kappa shape index (κ1) is 26.9. The molecular formula is C25H25Cl2F2N3O3. The number of rotatable bonds is 6. The maximum Gasteiger partial charge on any atom is 0.322 e. The quantitative estimate of drug-likeness (QED) is 0.504. The first-order chi connectivity index (χ1) is 16.3. The van der Waals surface area contributed by atoms with Crippen LogP contribution < -0.4 is 10.6 Å². The van der Waals surface area contributed by atoms with Gasteiger partial charge in [0.2, 0.25) is 5.91 Å². The molecule has 3 rings (SSSR count). The number of carboxylic acid groups (broad SMARTS) is 1. The molecule has 0 saturated carbocycles. The van der Waals surface area contributed by atoms with Crippen molar-refractivity contribution in [2.45, 2.75) is 50.6 Å². The SMILES string of the molecule is CC(C)(C)CC1N[C@@H](C(=O)NCC(=O)O)C(c2cccc(Cl)c2F)[C@@]1(C#N)c1ccc(Cl)cc1F. The zero-order valence-electron chi connectivity index (χ0n) is 19.3. The Kier molecular flexibility index (Phi) is 7.75. The van der Waals surface area contributed by atoms with Crippen LogP contribution in [0.4, 0.5) is 8.78 Å². The molecule has 35 heavy (non-hydrogen) atoms. The number of hydrogen-bond donors (Lipinski definition) is 3. The molecule has 6 nitrogen and oxygen atoms in total. The zero-order valence-corrected chi connectivity index (χ0v) is 20.8. The monoisotopic (exact) mass is 523 g/mol.